The Balaban J connectivity index is 0.736. The number of alkyl carbamates (subject to hydrolysis) is 2. The summed E-state index contributed by atoms with van der Waals surface area (Å²) in [5.74, 6) is -3.63. The highest BCUT2D eigenvalue weighted by molar-refractivity contribution is 5.93. The number of alkyl halides is 2. The number of carbonyl (C=O) groups excluding carboxylic acids is 6. The average Bonchev–Trinajstić information content (AvgIpc) is 1.73. The smallest absolute Gasteiger partial charge is 0.408 e. The molecule has 2 aromatic carbocycles. The first-order valence-corrected chi connectivity index (χ1v) is 35.0. The number of hydrogen-bond acceptors (Lipinski definition) is 16. The van der Waals surface area contributed by atoms with Crippen molar-refractivity contribution < 1.29 is 66.0 Å². The van der Waals surface area contributed by atoms with Crippen LogP contribution in [-0.4, -0.2) is 141 Å². The summed E-state index contributed by atoms with van der Waals surface area (Å²) in [5, 5.41) is 6.04. The van der Waals surface area contributed by atoms with Crippen molar-refractivity contribution in [3.8, 4) is 23.3 Å². The molecule has 4 aromatic rings. The van der Waals surface area contributed by atoms with Crippen LogP contribution in [0, 0.1) is 53.3 Å². The first kappa shape index (κ1) is 64.7. The molecule has 9 aliphatic rings. The Labute approximate surface area is 542 Å². The van der Waals surface area contributed by atoms with Gasteiger partial charge in [0.25, 0.3) is 5.92 Å². The van der Waals surface area contributed by atoms with Crippen molar-refractivity contribution in [3.63, 3.8) is 0 Å². The van der Waals surface area contributed by atoms with Gasteiger partial charge < -0.3 is 48.9 Å². The number of aryl methyl sites for hydroxylation is 1. The SMILES string of the molecule is CC[C@@H]1[C@@H]2CN(C(=O)[C@H](C3CCC(COc4ccc5nc6c(nc5c4)O[C@H]4CN(C(=O)[C@H](C5CCCCC5)NC(=O)O[C@@H]5C[C@H]5CCCCC6(F)F)[C@H](C(C)=O)[C@@H]4CC)CC3)NC(=O)O[C@@H]3CC4CC4[C@H]3CCCCCc3nc4ccc(OC)cc4nc3O2)[C@@H]1C(C)=O. The van der Waals surface area contributed by atoms with Gasteiger partial charge in [-0.1, -0.05) is 52.4 Å². The molecule has 2 unspecified atom stereocenters. The van der Waals surface area contributed by atoms with Crippen LogP contribution >= 0.6 is 0 Å². The van der Waals surface area contributed by atoms with E-state index in [9.17, 15) is 24.0 Å². The van der Waals surface area contributed by atoms with Crippen molar-refractivity contribution in [3.05, 3.63) is 47.8 Å². The third kappa shape index (κ3) is 13.8. The fraction of sp³-hybridized carbons (Fsp3) is 0.690. The van der Waals surface area contributed by atoms with Crippen LogP contribution < -0.4 is 29.6 Å². The number of rotatable bonds is 10. The molecule has 4 bridgehead atoms. The molecule has 6 heterocycles. The lowest BCUT2D eigenvalue weighted by Gasteiger charge is -2.36. The van der Waals surface area contributed by atoms with Gasteiger partial charge in [0.2, 0.25) is 23.6 Å². The molecule has 5 saturated carbocycles. The zero-order chi connectivity index (χ0) is 64.8. The van der Waals surface area contributed by atoms with E-state index in [2.05, 4.69) is 15.6 Å². The highest BCUT2D eigenvalue weighted by atomic mass is 19.3. The largest absolute Gasteiger partial charge is 0.497 e. The molecule has 502 valence electrons. The minimum absolute atomic E-state index is 0.0339. The second-order valence-electron chi connectivity index (χ2n) is 28.6. The minimum atomic E-state index is -3.46. The van der Waals surface area contributed by atoms with E-state index >= 15 is 13.6 Å². The summed E-state index contributed by atoms with van der Waals surface area (Å²) in [6.07, 6.45) is 11.9. The third-order valence-electron chi connectivity index (χ3n) is 22.6. The van der Waals surface area contributed by atoms with Crippen molar-refractivity contribution >= 4 is 57.6 Å². The molecule has 7 fully saturated rings. The first-order chi connectivity index (χ1) is 44.9. The highest BCUT2D eigenvalue weighted by Gasteiger charge is 2.56. The fourth-order valence-electron chi connectivity index (χ4n) is 17.5. The molecule has 5 aliphatic carbocycles. The van der Waals surface area contributed by atoms with E-state index in [0.29, 0.717) is 106 Å². The van der Waals surface area contributed by atoms with Gasteiger partial charge in [-0.25, -0.2) is 29.5 Å². The lowest BCUT2D eigenvalue weighted by atomic mass is 9.78. The molecule has 13 rings (SSSR count). The zero-order valence-corrected chi connectivity index (χ0v) is 54.5. The van der Waals surface area contributed by atoms with E-state index in [4.69, 9.17) is 43.4 Å². The van der Waals surface area contributed by atoms with Gasteiger partial charge in [-0.05, 0) is 182 Å². The van der Waals surface area contributed by atoms with Crippen LogP contribution in [0.15, 0.2) is 36.4 Å². The summed E-state index contributed by atoms with van der Waals surface area (Å²) in [6, 6.07) is 6.89. The van der Waals surface area contributed by atoms with E-state index in [0.717, 1.165) is 81.8 Å². The lowest BCUT2D eigenvalue weighted by molar-refractivity contribution is -0.141. The summed E-state index contributed by atoms with van der Waals surface area (Å²) in [7, 11) is 1.60. The Morgan fingerprint density at radius 1 is 0.570 bits per heavy atom. The number of carbonyl (C=O) groups is 6. The Morgan fingerprint density at radius 2 is 1.12 bits per heavy atom. The quantitative estimate of drug-likeness (QED) is 0.150. The second-order valence-corrected chi connectivity index (χ2v) is 28.6. The average molecular weight is 1290 g/mol. The van der Waals surface area contributed by atoms with E-state index < -0.39 is 78.4 Å². The number of fused-ring (bicyclic) bond motifs is 12. The molecule has 4 aliphatic heterocycles. The van der Waals surface area contributed by atoms with Gasteiger partial charge in [-0.2, -0.15) is 8.78 Å². The predicted octanol–water partition coefficient (Wildman–Crippen LogP) is 11.6. The molecular weight excluding hydrogens is 1190 g/mol. The monoisotopic (exact) mass is 1290 g/mol. The van der Waals surface area contributed by atoms with Gasteiger partial charge in [0.1, 0.15) is 53.7 Å². The van der Waals surface area contributed by atoms with Gasteiger partial charge in [0, 0.05) is 30.4 Å². The van der Waals surface area contributed by atoms with Gasteiger partial charge in [-0.15, -0.1) is 0 Å². The molecule has 93 heavy (non-hydrogen) atoms. The number of methoxy groups -OCH3 is 1. The molecular formula is C71H92F2N8O12. The number of ether oxygens (including phenoxy) is 6. The topological polar surface area (TPSA) is 240 Å². The third-order valence-corrected chi connectivity index (χ3v) is 22.6. The summed E-state index contributed by atoms with van der Waals surface area (Å²) in [4.78, 5) is 108. The van der Waals surface area contributed by atoms with Crippen LogP contribution in [0.4, 0.5) is 18.4 Å². The van der Waals surface area contributed by atoms with Crippen molar-refractivity contribution in [2.45, 2.75) is 230 Å². The normalized spacial score (nSPS) is 33.6. The zero-order valence-electron chi connectivity index (χ0n) is 54.5. The molecule has 0 spiro atoms. The van der Waals surface area contributed by atoms with Crippen molar-refractivity contribution in [1.29, 1.82) is 0 Å². The van der Waals surface area contributed by atoms with Gasteiger partial charge in [0.15, 0.2) is 17.3 Å². The van der Waals surface area contributed by atoms with Crippen LogP contribution in [0.5, 0.6) is 23.3 Å². The first-order valence-electron chi connectivity index (χ1n) is 35.0. The molecule has 2 saturated heterocycles. The summed E-state index contributed by atoms with van der Waals surface area (Å²) in [5.41, 5.74) is 1.93. The minimum Gasteiger partial charge on any atom is -0.497 e. The van der Waals surface area contributed by atoms with Gasteiger partial charge >= 0.3 is 12.2 Å². The summed E-state index contributed by atoms with van der Waals surface area (Å²) >= 11 is 0. The second kappa shape index (κ2) is 27.4. The van der Waals surface area contributed by atoms with E-state index in [1.807, 2.05) is 32.0 Å². The van der Waals surface area contributed by atoms with E-state index in [1.54, 1.807) is 30.2 Å². The Kier molecular flexibility index (Phi) is 19.0. The maximum absolute atomic E-state index is 16.8. The molecule has 2 aromatic heterocycles. The molecule has 22 heteroatoms. The van der Waals surface area contributed by atoms with Crippen LogP contribution in [0.1, 0.15) is 180 Å². The number of Topliss-reactive ketones (excluding diaryl/α,β-unsaturated/α-hetero) is 2. The number of nitrogens with zero attached hydrogens (tertiary/aromatic N) is 6. The van der Waals surface area contributed by atoms with Crippen LogP contribution in [0.3, 0.4) is 0 Å². The number of hydrogen-bond donors (Lipinski definition) is 2. The van der Waals surface area contributed by atoms with Crippen molar-refractivity contribution in [2.75, 3.05) is 26.8 Å². The van der Waals surface area contributed by atoms with Crippen LogP contribution in [0.2, 0.25) is 0 Å². The highest BCUT2D eigenvalue weighted by Crippen LogP contribution is 2.58. The number of benzene rings is 2. The fourth-order valence-corrected chi connectivity index (χ4v) is 17.5. The number of amides is 4. The number of nitrogens with one attached hydrogen (secondary N) is 2. The molecule has 0 radical (unpaired) electrons. The van der Waals surface area contributed by atoms with Gasteiger partial charge in [-0.3, -0.25) is 19.2 Å². The maximum atomic E-state index is 16.8. The lowest BCUT2D eigenvalue weighted by Crippen LogP contribution is -2.56. The summed E-state index contributed by atoms with van der Waals surface area (Å²) in [6.45, 7) is 7.12. The van der Waals surface area contributed by atoms with Crippen LogP contribution in [0.25, 0.3) is 22.1 Å². The standard InChI is InChI=1S/C71H92F2N8O12/c1-6-47-58-35-80(62(47)38(3)82)68(85)61(79-70(87)93-57-32-44-30-50(44)49(57)19-12-9-13-20-53-65(90-58)76-54-33-45(88-5)25-27-51(54)74-53)42-23-21-40(22-24-42)37-89-46-26-28-52-55(34-46)77-66-64(75-52)71(72,73)29-15-14-18-43-31-56(43)92-69(86)78-60(41-16-10-8-11-17-41)67(84)81-36-59(91-66)48(7-2)63(81)39(4)83/h25-28,33-34,40-44,47-50,56-63H,6-24,29-32,35-37H2,1-5H3,(H,78,86)(H,79,87)/t40?,42?,43-,44?,47-,48-,49-,50?,56-,57-,58+,59+,60+,61+,62-,63-/m1/s1. The van der Waals surface area contributed by atoms with Crippen molar-refractivity contribution in [2.24, 2.45) is 53.3 Å². The number of ketones is 2. The van der Waals surface area contributed by atoms with E-state index in [1.165, 1.54) is 18.7 Å². The van der Waals surface area contributed by atoms with Crippen LogP contribution in [-0.2, 0) is 41.0 Å². The maximum Gasteiger partial charge on any atom is 0.408 e. The van der Waals surface area contributed by atoms with Crippen molar-refractivity contribution in [1.82, 2.24) is 40.4 Å². The Hall–Kier alpha value is -7.00. The Morgan fingerprint density at radius 3 is 1.76 bits per heavy atom. The van der Waals surface area contributed by atoms with E-state index in [-0.39, 0.29) is 102 Å². The summed E-state index contributed by atoms with van der Waals surface area (Å²) < 4.78 is 71.4. The molecule has 4 amide bonds. The Bertz CT molecular complexity index is 3450. The van der Waals surface area contributed by atoms with Gasteiger partial charge in [0.05, 0.1) is 61.0 Å². The number of halogens is 2. The molecule has 14 atom stereocenters. The molecule has 2 N–H and O–H groups in total. The number of aromatic nitrogens is 4. The predicted molar refractivity (Wildman–Crippen MR) is 339 cm³/mol. The molecule has 20 nitrogen and oxygen atoms in total.